The minimum atomic E-state index is 0.0817. The molecule has 0 bridgehead atoms. The number of hydrogen-bond donors (Lipinski definition) is 0. The number of carbonyl (C=O) groups is 1. The van der Waals surface area contributed by atoms with E-state index in [0.29, 0.717) is 19.7 Å². The van der Waals surface area contributed by atoms with E-state index in [2.05, 4.69) is 6.07 Å². The molecule has 0 N–H and O–H groups in total. The number of ether oxygens (including phenoxy) is 1. The lowest BCUT2D eigenvalue weighted by molar-refractivity contribution is 0.0712. The molecule has 1 fully saturated rings. The first-order chi connectivity index (χ1) is 11.3. The fraction of sp³-hybridized carbons (Fsp3) is 0.333. The van der Waals surface area contributed by atoms with Gasteiger partial charge in [-0.15, -0.1) is 11.3 Å². The number of benzene rings is 1. The number of rotatable bonds is 1. The number of piperidine rings is 1. The summed E-state index contributed by atoms with van der Waals surface area (Å²) in [7, 11) is 0. The Labute approximate surface area is 138 Å². The van der Waals surface area contributed by atoms with Crippen LogP contribution in [0.1, 0.15) is 28.1 Å². The lowest BCUT2D eigenvalue weighted by atomic mass is 9.98. The van der Waals surface area contributed by atoms with Crippen LogP contribution in [0.5, 0.6) is 5.75 Å². The first-order valence-corrected chi connectivity index (χ1v) is 8.61. The zero-order chi connectivity index (χ0) is 15.8. The summed E-state index contributed by atoms with van der Waals surface area (Å²) >= 11 is 1.55. The van der Waals surface area contributed by atoms with Crippen molar-refractivity contribution in [1.29, 1.82) is 5.26 Å². The molecule has 23 heavy (non-hydrogen) atoms. The minimum absolute atomic E-state index is 0.0817. The van der Waals surface area contributed by atoms with Crippen LogP contribution in [0.4, 0.5) is 0 Å². The van der Waals surface area contributed by atoms with Crippen LogP contribution in [0, 0.1) is 17.2 Å². The Balaban J connectivity index is 1.59. The van der Waals surface area contributed by atoms with Crippen LogP contribution in [0.25, 0.3) is 10.4 Å². The highest BCUT2D eigenvalue weighted by Gasteiger charge is 2.27. The number of amides is 1. The van der Waals surface area contributed by atoms with Gasteiger partial charge in [0.15, 0.2) is 0 Å². The first-order valence-electron chi connectivity index (χ1n) is 7.80. The summed E-state index contributed by atoms with van der Waals surface area (Å²) in [6.07, 6.45) is 1.55. The van der Waals surface area contributed by atoms with Gasteiger partial charge in [-0.25, -0.2) is 0 Å². The molecule has 0 atom stereocenters. The number of nitriles is 1. The molecule has 2 aliphatic rings. The van der Waals surface area contributed by atoms with E-state index in [-0.39, 0.29) is 11.8 Å². The monoisotopic (exact) mass is 324 g/mol. The number of carbonyl (C=O) groups excluding carboxylic acids is 1. The average Bonchev–Trinajstić information content (AvgIpc) is 3.06. The number of thiophene rings is 1. The summed E-state index contributed by atoms with van der Waals surface area (Å²) in [6.45, 7) is 1.87. The summed E-state index contributed by atoms with van der Waals surface area (Å²) in [5.41, 5.74) is 2.16. The molecule has 1 amide bonds. The van der Waals surface area contributed by atoms with Gasteiger partial charge in [0.05, 0.1) is 10.9 Å². The zero-order valence-electron chi connectivity index (χ0n) is 12.6. The van der Waals surface area contributed by atoms with Crippen LogP contribution in [-0.2, 0) is 6.61 Å². The predicted octanol–water partition coefficient (Wildman–Crippen LogP) is 3.68. The molecule has 4 nitrogen and oxygen atoms in total. The lowest BCUT2D eigenvalue weighted by Gasteiger charge is -2.28. The molecule has 0 radical (unpaired) electrons. The van der Waals surface area contributed by atoms with Crippen molar-refractivity contribution in [3.05, 3.63) is 40.8 Å². The molecule has 3 heterocycles. The maximum absolute atomic E-state index is 12.7. The first kappa shape index (κ1) is 14.3. The third-order valence-electron chi connectivity index (χ3n) is 4.50. The van der Waals surface area contributed by atoms with E-state index < -0.39 is 0 Å². The molecule has 0 aliphatic carbocycles. The van der Waals surface area contributed by atoms with Crippen LogP contribution < -0.4 is 4.74 Å². The topological polar surface area (TPSA) is 53.3 Å². The summed E-state index contributed by atoms with van der Waals surface area (Å²) < 4.78 is 5.76. The maximum atomic E-state index is 12.7. The molecule has 1 saturated heterocycles. The Morgan fingerprint density at radius 2 is 2.09 bits per heavy atom. The molecule has 4 rings (SSSR count). The van der Waals surface area contributed by atoms with Crippen molar-refractivity contribution in [1.82, 2.24) is 4.90 Å². The summed E-state index contributed by atoms with van der Waals surface area (Å²) in [5.74, 6) is 1.06. The summed E-state index contributed by atoms with van der Waals surface area (Å²) in [5, 5.41) is 8.97. The second-order valence-electron chi connectivity index (χ2n) is 5.95. The van der Waals surface area contributed by atoms with Crippen LogP contribution in [0.3, 0.4) is 0 Å². The van der Waals surface area contributed by atoms with Crippen LogP contribution in [-0.4, -0.2) is 23.9 Å². The molecule has 2 aliphatic heterocycles. The zero-order valence-corrected chi connectivity index (χ0v) is 13.4. The molecule has 116 valence electrons. The quantitative estimate of drug-likeness (QED) is 0.804. The van der Waals surface area contributed by atoms with Gasteiger partial charge in [-0.05, 0) is 31.0 Å². The Hall–Kier alpha value is -2.32. The SMILES string of the molecule is N#CC1CCN(C(=O)c2cc3c(s2)-c2ccccc2OC3)CC1. The smallest absolute Gasteiger partial charge is 0.263 e. The van der Waals surface area contributed by atoms with E-state index in [1.807, 2.05) is 35.2 Å². The third-order valence-corrected chi connectivity index (χ3v) is 5.70. The van der Waals surface area contributed by atoms with E-state index in [4.69, 9.17) is 10.00 Å². The van der Waals surface area contributed by atoms with Gasteiger partial charge in [-0.3, -0.25) is 4.79 Å². The number of likely N-dealkylation sites (tertiary alicyclic amines) is 1. The van der Waals surface area contributed by atoms with Gasteiger partial charge in [-0.1, -0.05) is 12.1 Å². The second kappa shape index (κ2) is 5.71. The lowest BCUT2D eigenvalue weighted by Crippen LogP contribution is -2.37. The second-order valence-corrected chi connectivity index (χ2v) is 7.00. The number of hydrogen-bond acceptors (Lipinski definition) is 4. The molecule has 0 spiro atoms. The van der Waals surface area contributed by atoms with Crippen molar-refractivity contribution >= 4 is 17.2 Å². The van der Waals surface area contributed by atoms with Gasteiger partial charge in [0.25, 0.3) is 5.91 Å². The van der Waals surface area contributed by atoms with E-state index in [9.17, 15) is 4.79 Å². The fourth-order valence-electron chi connectivity index (χ4n) is 3.17. The fourth-order valence-corrected chi connectivity index (χ4v) is 4.34. The Bertz CT molecular complexity index is 798. The Morgan fingerprint density at radius 1 is 1.30 bits per heavy atom. The van der Waals surface area contributed by atoms with E-state index >= 15 is 0 Å². The molecule has 1 aromatic carbocycles. The standard InChI is InChI=1S/C18H16N2O2S/c19-10-12-5-7-20(8-6-12)18(21)16-9-13-11-22-15-4-2-1-3-14(15)17(13)23-16/h1-4,9,12H,5-8,11H2. The van der Waals surface area contributed by atoms with E-state index in [0.717, 1.165) is 39.5 Å². The molecule has 5 heteroatoms. The predicted molar refractivity (Wildman–Crippen MR) is 88.3 cm³/mol. The van der Waals surface area contributed by atoms with Crippen molar-refractivity contribution in [2.45, 2.75) is 19.4 Å². The molecule has 1 aromatic heterocycles. The highest BCUT2D eigenvalue weighted by molar-refractivity contribution is 7.17. The highest BCUT2D eigenvalue weighted by Crippen LogP contribution is 2.42. The van der Waals surface area contributed by atoms with Crippen molar-refractivity contribution < 1.29 is 9.53 Å². The van der Waals surface area contributed by atoms with Gasteiger partial charge >= 0.3 is 0 Å². The van der Waals surface area contributed by atoms with Crippen molar-refractivity contribution in [3.8, 4) is 22.3 Å². The largest absolute Gasteiger partial charge is 0.488 e. The van der Waals surface area contributed by atoms with E-state index in [1.165, 1.54) is 0 Å². The molecule has 2 aromatic rings. The van der Waals surface area contributed by atoms with Gasteiger partial charge in [0.2, 0.25) is 0 Å². The highest BCUT2D eigenvalue weighted by atomic mass is 32.1. The number of para-hydroxylation sites is 1. The van der Waals surface area contributed by atoms with Gasteiger partial charge in [0.1, 0.15) is 12.4 Å². The third kappa shape index (κ3) is 2.49. The summed E-state index contributed by atoms with van der Waals surface area (Å²) in [6, 6.07) is 12.2. The normalized spacial score (nSPS) is 16.9. The summed E-state index contributed by atoms with van der Waals surface area (Å²) in [4.78, 5) is 16.5. The van der Waals surface area contributed by atoms with Crippen LogP contribution >= 0.6 is 11.3 Å². The maximum Gasteiger partial charge on any atom is 0.263 e. The Morgan fingerprint density at radius 3 is 2.87 bits per heavy atom. The van der Waals surface area contributed by atoms with Crippen molar-refractivity contribution in [2.75, 3.05) is 13.1 Å². The number of nitrogens with zero attached hydrogens (tertiary/aromatic N) is 2. The molecule has 0 saturated carbocycles. The van der Waals surface area contributed by atoms with E-state index in [1.54, 1.807) is 11.3 Å². The molecular formula is C18H16N2O2S. The van der Waals surface area contributed by atoms with Crippen LogP contribution in [0.15, 0.2) is 30.3 Å². The van der Waals surface area contributed by atoms with Crippen molar-refractivity contribution in [2.24, 2.45) is 5.92 Å². The number of fused-ring (bicyclic) bond motifs is 3. The van der Waals surface area contributed by atoms with Gasteiger partial charge in [0, 0.05) is 35.0 Å². The van der Waals surface area contributed by atoms with Crippen molar-refractivity contribution in [3.63, 3.8) is 0 Å². The van der Waals surface area contributed by atoms with Gasteiger partial charge in [-0.2, -0.15) is 5.26 Å². The van der Waals surface area contributed by atoms with Crippen LogP contribution in [0.2, 0.25) is 0 Å². The minimum Gasteiger partial charge on any atom is -0.488 e. The van der Waals surface area contributed by atoms with Gasteiger partial charge < -0.3 is 9.64 Å². The molecular weight excluding hydrogens is 308 g/mol. The average molecular weight is 324 g/mol. The Kier molecular flexibility index (Phi) is 3.55. The molecule has 0 unspecified atom stereocenters.